The largest absolute Gasteiger partial charge is 0.496 e. The van der Waals surface area contributed by atoms with Gasteiger partial charge < -0.3 is 4.74 Å². The van der Waals surface area contributed by atoms with E-state index in [0.717, 1.165) is 18.7 Å². The summed E-state index contributed by atoms with van der Waals surface area (Å²) in [7, 11) is 1.61. The predicted octanol–water partition coefficient (Wildman–Crippen LogP) is 3.20. The Hall–Kier alpha value is -2.13. The first kappa shape index (κ1) is 13.8. The summed E-state index contributed by atoms with van der Waals surface area (Å²) in [6.45, 7) is 4.11. The van der Waals surface area contributed by atoms with Crippen LogP contribution in [0, 0.1) is 6.92 Å². The number of methoxy groups -OCH3 is 1. The molecule has 21 heavy (non-hydrogen) atoms. The topological polar surface area (TPSA) is 29.5 Å². The fourth-order valence-electron chi connectivity index (χ4n) is 2.83. The normalized spacial score (nSPS) is 14.0. The molecule has 0 radical (unpaired) electrons. The van der Waals surface area contributed by atoms with Gasteiger partial charge in [-0.1, -0.05) is 30.3 Å². The second-order valence-electron chi connectivity index (χ2n) is 5.54. The van der Waals surface area contributed by atoms with E-state index in [0.29, 0.717) is 17.9 Å². The van der Waals surface area contributed by atoms with E-state index in [4.69, 9.17) is 4.74 Å². The number of carbonyl (C=O) groups is 1. The second-order valence-corrected chi connectivity index (χ2v) is 5.54. The van der Waals surface area contributed by atoms with Crippen LogP contribution in [0.3, 0.4) is 0 Å². The van der Waals surface area contributed by atoms with Crippen molar-refractivity contribution in [2.45, 2.75) is 20.0 Å². The van der Waals surface area contributed by atoms with E-state index in [-0.39, 0.29) is 5.78 Å². The third kappa shape index (κ3) is 2.83. The molecule has 0 spiro atoms. The van der Waals surface area contributed by atoms with E-state index in [1.165, 1.54) is 11.1 Å². The Labute approximate surface area is 125 Å². The van der Waals surface area contributed by atoms with Gasteiger partial charge >= 0.3 is 0 Å². The average molecular weight is 281 g/mol. The van der Waals surface area contributed by atoms with Crippen LogP contribution in [0.5, 0.6) is 5.75 Å². The van der Waals surface area contributed by atoms with Crippen molar-refractivity contribution in [3.05, 3.63) is 64.7 Å². The first-order valence-corrected chi connectivity index (χ1v) is 7.14. The first-order chi connectivity index (χ1) is 10.2. The Morgan fingerprint density at radius 3 is 2.43 bits per heavy atom. The van der Waals surface area contributed by atoms with E-state index in [2.05, 4.69) is 17.0 Å². The molecular weight excluding hydrogens is 262 g/mol. The molecule has 0 N–H and O–H groups in total. The highest BCUT2D eigenvalue weighted by Crippen LogP contribution is 2.24. The summed E-state index contributed by atoms with van der Waals surface area (Å²) >= 11 is 0. The van der Waals surface area contributed by atoms with Gasteiger partial charge in [0, 0.05) is 13.1 Å². The molecule has 108 valence electrons. The van der Waals surface area contributed by atoms with Gasteiger partial charge in [0.2, 0.25) is 0 Å². The van der Waals surface area contributed by atoms with Gasteiger partial charge in [-0.15, -0.1) is 0 Å². The third-order valence-electron chi connectivity index (χ3n) is 3.93. The number of nitrogens with zero attached hydrogens (tertiary/aromatic N) is 1. The van der Waals surface area contributed by atoms with Gasteiger partial charge in [-0.3, -0.25) is 9.69 Å². The van der Waals surface area contributed by atoms with Crippen molar-refractivity contribution in [1.29, 1.82) is 0 Å². The zero-order chi connectivity index (χ0) is 14.8. The summed E-state index contributed by atoms with van der Waals surface area (Å²) in [4.78, 5) is 14.7. The fourth-order valence-corrected chi connectivity index (χ4v) is 2.83. The fraction of sp³-hybridized carbons (Fsp3) is 0.278. The number of aryl methyl sites for hydroxylation is 1. The second kappa shape index (κ2) is 5.70. The van der Waals surface area contributed by atoms with E-state index >= 15 is 0 Å². The zero-order valence-corrected chi connectivity index (χ0v) is 12.4. The molecule has 0 saturated heterocycles. The maximum Gasteiger partial charge on any atom is 0.180 e. The molecule has 0 amide bonds. The molecule has 0 fully saturated rings. The van der Waals surface area contributed by atoms with Gasteiger partial charge in [-0.05, 0) is 35.7 Å². The van der Waals surface area contributed by atoms with Crippen LogP contribution in [0.15, 0.2) is 42.5 Å². The molecule has 0 aromatic heterocycles. The smallest absolute Gasteiger partial charge is 0.180 e. The summed E-state index contributed by atoms with van der Waals surface area (Å²) in [6.07, 6.45) is 0. The van der Waals surface area contributed by atoms with Gasteiger partial charge in [0.15, 0.2) is 5.78 Å². The van der Waals surface area contributed by atoms with Crippen LogP contribution in [0.25, 0.3) is 0 Å². The van der Waals surface area contributed by atoms with Gasteiger partial charge in [0.25, 0.3) is 0 Å². The minimum absolute atomic E-state index is 0.111. The third-order valence-corrected chi connectivity index (χ3v) is 3.93. The van der Waals surface area contributed by atoms with E-state index < -0.39 is 0 Å². The van der Waals surface area contributed by atoms with E-state index in [9.17, 15) is 4.79 Å². The Kier molecular flexibility index (Phi) is 3.76. The maximum absolute atomic E-state index is 12.5. The summed E-state index contributed by atoms with van der Waals surface area (Å²) in [5.74, 6) is 0.774. The van der Waals surface area contributed by atoms with Crippen LogP contribution < -0.4 is 4.74 Å². The van der Waals surface area contributed by atoms with Gasteiger partial charge in [-0.25, -0.2) is 0 Å². The first-order valence-electron chi connectivity index (χ1n) is 7.14. The van der Waals surface area contributed by atoms with Gasteiger partial charge in [-0.2, -0.15) is 0 Å². The Balaban J connectivity index is 1.74. The van der Waals surface area contributed by atoms with Crippen molar-refractivity contribution in [3.63, 3.8) is 0 Å². The summed E-state index contributed by atoms with van der Waals surface area (Å²) in [5.41, 5.74) is 4.40. The monoisotopic (exact) mass is 281 g/mol. The highest BCUT2D eigenvalue weighted by molar-refractivity contribution is 6.00. The van der Waals surface area contributed by atoms with Crippen LogP contribution in [0.2, 0.25) is 0 Å². The number of hydrogen-bond acceptors (Lipinski definition) is 3. The van der Waals surface area contributed by atoms with E-state index in [1.807, 2.05) is 37.3 Å². The lowest BCUT2D eigenvalue weighted by Crippen LogP contribution is -2.25. The van der Waals surface area contributed by atoms with Gasteiger partial charge in [0.05, 0.1) is 19.2 Å². The van der Waals surface area contributed by atoms with Crippen LogP contribution in [-0.4, -0.2) is 24.3 Å². The number of carbonyl (C=O) groups excluding carboxylic acids is 1. The van der Waals surface area contributed by atoms with Crippen molar-refractivity contribution >= 4 is 5.78 Å². The van der Waals surface area contributed by atoms with Crippen LogP contribution in [0.4, 0.5) is 0 Å². The molecule has 3 rings (SSSR count). The quantitative estimate of drug-likeness (QED) is 0.806. The number of ketones is 1. The molecule has 0 bridgehead atoms. The Bertz CT molecular complexity index is 654. The number of benzene rings is 2. The molecule has 0 unspecified atom stereocenters. The molecule has 1 heterocycles. The molecule has 3 nitrogen and oxygen atoms in total. The molecule has 0 saturated carbocycles. The lowest BCUT2D eigenvalue weighted by atomic mass is 10.1. The molecule has 1 aliphatic rings. The zero-order valence-electron chi connectivity index (χ0n) is 12.4. The molecule has 2 aromatic carbocycles. The molecule has 1 aliphatic heterocycles. The van der Waals surface area contributed by atoms with E-state index in [1.54, 1.807) is 7.11 Å². The van der Waals surface area contributed by atoms with Crippen molar-refractivity contribution in [2.24, 2.45) is 0 Å². The van der Waals surface area contributed by atoms with Crippen molar-refractivity contribution in [1.82, 2.24) is 4.90 Å². The standard InChI is InChI=1S/C18H19NO2/c1-13-7-8-16(18(9-13)21-2)17(20)12-19-10-14-5-3-4-6-15(14)11-19/h3-9H,10-12H2,1-2H3. The molecule has 0 atom stereocenters. The molecule has 3 heteroatoms. The Morgan fingerprint density at radius 1 is 1.14 bits per heavy atom. The number of rotatable bonds is 4. The van der Waals surface area contributed by atoms with Crippen LogP contribution >= 0.6 is 0 Å². The maximum atomic E-state index is 12.5. The predicted molar refractivity (Wildman–Crippen MR) is 82.6 cm³/mol. The highest BCUT2D eigenvalue weighted by atomic mass is 16.5. The summed E-state index contributed by atoms with van der Waals surface area (Å²) in [5, 5.41) is 0. The van der Waals surface area contributed by atoms with Gasteiger partial charge in [0.1, 0.15) is 5.75 Å². The minimum atomic E-state index is 0.111. The van der Waals surface area contributed by atoms with Crippen LogP contribution in [-0.2, 0) is 13.1 Å². The van der Waals surface area contributed by atoms with Crippen LogP contribution in [0.1, 0.15) is 27.0 Å². The summed E-state index contributed by atoms with van der Waals surface area (Å²) in [6, 6.07) is 14.1. The highest BCUT2D eigenvalue weighted by Gasteiger charge is 2.22. The molecule has 0 aliphatic carbocycles. The summed E-state index contributed by atoms with van der Waals surface area (Å²) < 4.78 is 5.33. The average Bonchev–Trinajstić information content (AvgIpc) is 2.88. The number of Topliss-reactive ketones (excluding diaryl/α,β-unsaturated/α-hetero) is 1. The van der Waals surface area contributed by atoms with Crippen molar-refractivity contribution in [2.75, 3.05) is 13.7 Å². The lowest BCUT2D eigenvalue weighted by molar-refractivity contribution is 0.0926. The Morgan fingerprint density at radius 2 is 1.81 bits per heavy atom. The number of ether oxygens (including phenoxy) is 1. The van der Waals surface area contributed by atoms with Crippen molar-refractivity contribution in [3.8, 4) is 5.75 Å². The SMILES string of the molecule is COc1cc(C)ccc1C(=O)CN1Cc2ccccc2C1. The molecular formula is C18H19NO2. The number of fused-ring (bicyclic) bond motifs is 1. The number of hydrogen-bond donors (Lipinski definition) is 0. The van der Waals surface area contributed by atoms with Crippen molar-refractivity contribution < 1.29 is 9.53 Å². The minimum Gasteiger partial charge on any atom is -0.496 e. The molecule has 2 aromatic rings. The lowest BCUT2D eigenvalue weighted by Gasteiger charge is -2.15.